The number of nitrogens with one attached hydrogen (secondary N) is 1. The number of hydrogen-bond donors (Lipinski definition) is 1. The van der Waals surface area contributed by atoms with Crippen LogP contribution in [0.25, 0.3) is 0 Å². The molecule has 2 saturated heterocycles. The SMILES string of the molecule is CSC1(CNC(=O)N2CCC[C@@H]2c2ccccc2)CCOCC1. The van der Waals surface area contributed by atoms with Crippen LogP contribution in [-0.4, -0.2) is 48.2 Å². The molecule has 1 atom stereocenters. The number of rotatable bonds is 4. The molecule has 1 aromatic carbocycles. The predicted molar refractivity (Wildman–Crippen MR) is 94.8 cm³/mol. The number of hydrogen-bond acceptors (Lipinski definition) is 3. The van der Waals surface area contributed by atoms with Crippen molar-refractivity contribution in [1.82, 2.24) is 10.2 Å². The van der Waals surface area contributed by atoms with Crippen LogP contribution < -0.4 is 5.32 Å². The van der Waals surface area contributed by atoms with Crippen LogP contribution in [0.2, 0.25) is 0 Å². The average molecular weight is 334 g/mol. The molecule has 2 amide bonds. The third-order valence-corrected chi connectivity index (χ3v) is 6.52. The molecule has 0 aliphatic carbocycles. The van der Waals surface area contributed by atoms with E-state index in [4.69, 9.17) is 4.74 Å². The lowest BCUT2D eigenvalue weighted by Gasteiger charge is -2.36. The van der Waals surface area contributed by atoms with Gasteiger partial charge in [0.1, 0.15) is 0 Å². The summed E-state index contributed by atoms with van der Waals surface area (Å²) in [5.41, 5.74) is 1.24. The number of urea groups is 1. The molecule has 3 rings (SSSR count). The minimum Gasteiger partial charge on any atom is -0.381 e. The van der Waals surface area contributed by atoms with E-state index in [0.29, 0.717) is 0 Å². The minimum atomic E-state index is 0.0799. The Labute approximate surface area is 143 Å². The first-order valence-corrected chi connectivity index (χ1v) is 9.69. The summed E-state index contributed by atoms with van der Waals surface area (Å²) in [4.78, 5) is 14.7. The summed E-state index contributed by atoms with van der Waals surface area (Å²) in [6.07, 6.45) is 6.29. The van der Waals surface area contributed by atoms with Crippen LogP contribution in [0.5, 0.6) is 0 Å². The summed E-state index contributed by atoms with van der Waals surface area (Å²) in [5.74, 6) is 0. The number of benzene rings is 1. The molecule has 1 aromatic rings. The maximum absolute atomic E-state index is 12.7. The first kappa shape index (κ1) is 16.7. The van der Waals surface area contributed by atoms with Crippen molar-refractivity contribution in [3.63, 3.8) is 0 Å². The number of ether oxygens (including phenoxy) is 1. The standard InChI is InChI=1S/C18H26N2O2S/c1-23-18(9-12-22-13-10-18)14-19-17(21)20-11-5-8-16(20)15-6-3-2-4-7-15/h2-4,6-7,16H,5,8-14H2,1H3,(H,19,21)/t16-/m1/s1. The van der Waals surface area contributed by atoms with Gasteiger partial charge in [-0.15, -0.1) is 0 Å². The molecule has 1 N–H and O–H groups in total. The van der Waals surface area contributed by atoms with Gasteiger partial charge in [-0.2, -0.15) is 11.8 Å². The van der Waals surface area contributed by atoms with Gasteiger partial charge in [0.25, 0.3) is 0 Å². The Morgan fingerprint density at radius 2 is 2.09 bits per heavy atom. The van der Waals surface area contributed by atoms with Crippen LogP contribution in [0.1, 0.15) is 37.3 Å². The molecule has 2 aliphatic rings. The van der Waals surface area contributed by atoms with Crippen LogP contribution >= 0.6 is 11.8 Å². The van der Waals surface area contributed by atoms with Crippen molar-refractivity contribution in [3.05, 3.63) is 35.9 Å². The van der Waals surface area contributed by atoms with E-state index < -0.39 is 0 Å². The molecule has 2 aliphatic heterocycles. The number of nitrogens with zero attached hydrogens (tertiary/aromatic N) is 1. The van der Waals surface area contributed by atoms with Crippen LogP contribution in [0.3, 0.4) is 0 Å². The zero-order chi connectivity index (χ0) is 16.1. The second-order valence-electron chi connectivity index (χ2n) is 6.42. The van der Waals surface area contributed by atoms with Gasteiger partial charge in [-0.3, -0.25) is 0 Å². The van der Waals surface area contributed by atoms with Crippen molar-refractivity contribution in [2.75, 3.05) is 32.6 Å². The number of thioether (sulfide) groups is 1. The third kappa shape index (κ3) is 3.83. The third-order valence-electron chi connectivity index (χ3n) is 5.10. The van der Waals surface area contributed by atoms with Gasteiger partial charge in [0.15, 0.2) is 0 Å². The number of carbonyl (C=O) groups excluding carboxylic acids is 1. The van der Waals surface area contributed by atoms with E-state index >= 15 is 0 Å². The maximum Gasteiger partial charge on any atom is 0.317 e. The zero-order valence-electron chi connectivity index (χ0n) is 13.8. The molecule has 126 valence electrons. The Hall–Kier alpha value is -1.20. The van der Waals surface area contributed by atoms with E-state index in [1.54, 1.807) is 0 Å². The van der Waals surface area contributed by atoms with Crippen LogP contribution in [0.15, 0.2) is 30.3 Å². The van der Waals surface area contributed by atoms with E-state index in [9.17, 15) is 4.79 Å². The minimum absolute atomic E-state index is 0.0799. The van der Waals surface area contributed by atoms with Crippen molar-refractivity contribution in [2.45, 2.75) is 36.5 Å². The van der Waals surface area contributed by atoms with E-state index in [2.05, 4.69) is 35.8 Å². The Bertz CT molecular complexity index is 517. The van der Waals surface area contributed by atoms with Crippen LogP contribution in [-0.2, 0) is 4.74 Å². The maximum atomic E-state index is 12.7. The highest BCUT2D eigenvalue weighted by atomic mass is 32.2. The Kier molecular flexibility index (Phi) is 5.49. The second kappa shape index (κ2) is 7.58. The average Bonchev–Trinajstić information content (AvgIpc) is 3.11. The molecule has 2 fully saturated rings. The molecule has 5 heteroatoms. The Morgan fingerprint density at radius 3 is 2.78 bits per heavy atom. The van der Waals surface area contributed by atoms with Crippen molar-refractivity contribution in [1.29, 1.82) is 0 Å². The van der Waals surface area contributed by atoms with E-state index in [1.807, 2.05) is 22.7 Å². The second-order valence-corrected chi connectivity index (χ2v) is 7.69. The summed E-state index contributed by atoms with van der Waals surface area (Å²) < 4.78 is 5.61. The Morgan fingerprint density at radius 1 is 1.35 bits per heavy atom. The lowest BCUT2D eigenvalue weighted by molar-refractivity contribution is 0.0771. The molecule has 0 aromatic heterocycles. The van der Waals surface area contributed by atoms with Crippen LogP contribution in [0, 0.1) is 0 Å². The quantitative estimate of drug-likeness (QED) is 0.917. The summed E-state index contributed by atoms with van der Waals surface area (Å²) in [6.45, 7) is 3.18. The normalized spacial score (nSPS) is 23.7. The first-order valence-electron chi connectivity index (χ1n) is 8.46. The molecular weight excluding hydrogens is 308 g/mol. The highest BCUT2D eigenvalue weighted by molar-refractivity contribution is 8.00. The van der Waals surface area contributed by atoms with Gasteiger partial charge in [0.05, 0.1) is 6.04 Å². The largest absolute Gasteiger partial charge is 0.381 e. The molecular formula is C18H26N2O2S. The highest BCUT2D eigenvalue weighted by Crippen LogP contribution is 2.34. The van der Waals surface area contributed by atoms with Crippen molar-refractivity contribution >= 4 is 17.8 Å². The van der Waals surface area contributed by atoms with Gasteiger partial charge in [-0.1, -0.05) is 30.3 Å². The van der Waals surface area contributed by atoms with E-state index in [-0.39, 0.29) is 16.8 Å². The molecule has 0 spiro atoms. The van der Waals surface area contributed by atoms with Crippen molar-refractivity contribution in [2.24, 2.45) is 0 Å². The van der Waals surface area contributed by atoms with Crippen LogP contribution in [0.4, 0.5) is 4.79 Å². The fourth-order valence-corrected chi connectivity index (χ4v) is 4.36. The van der Waals surface area contributed by atoms with Gasteiger partial charge in [0, 0.05) is 31.1 Å². The highest BCUT2D eigenvalue weighted by Gasteiger charge is 2.34. The Balaban J connectivity index is 1.61. The molecule has 2 heterocycles. The molecule has 0 bridgehead atoms. The molecule has 4 nitrogen and oxygen atoms in total. The van der Waals surface area contributed by atoms with Gasteiger partial charge in [-0.05, 0) is 37.5 Å². The van der Waals surface area contributed by atoms with E-state index in [0.717, 1.165) is 52.0 Å². The lowest BCUT2D eigenvalue weighted by Crippen LogP contribution is -2.48. The topological polar surface area (TPSA) is 41.6 Å². The summed E-state index contributed by atoms with van der Waals surface area (Å²) >= 11 is 1.86. The monoisotopic (exact) mass is 334 g/mol. The summed E-state index contributed by atoms with van der Waals surface area (Å²) in [5, 5.41) is 3.20. The fourth-order valence-electron chi connectivity index (χ4n) is 3.57. The van der Waals surface area contributed by atoms with Gasteiger partial charge < -0.3 is 15.0 Å². The molecule has 0 unspecified atom stereocenters. The molecule has 0 radical (unpaired) electrons. The predicted octanol–water partition coefficient (Wildman–Crippen LogP) is 3.45. The number of carbonyl (C=O) groups is 1. The summed E-state index contributed by atoms with van der Waals surface area (Å²) in [7, 11) is 0. The van der Waals surface area contributed by atoms with Crippen molar-refractivity contribution in [3.8, 4) is 0 Å². The van der Waals surface area contributed by atoms with Gasteiger partial charge >= 0.3 is 6.03 Å². The summed E-state index contributed by atoms with van der Waals surface area (Å²) in [6, 6.07) is 10.7. The van der Waals surface area contributed by atoms with Crippen molar-refractivity contribution < 1.29 is 9.53 Å². The molecule has 0 saturated carbocycles. The molecule has 23 heavy (non-hydrogen) atoms. The fraction of sp³-hybridized carbons (Fsp3) is 0.611. The number of likely N-dealkylation sites (tertiary alicyclic amines) is 1. The first-order chi connectivity index (χ1) is 11.2. The zero-order valence-corrected chi connectivity index (χ0v) is 14.6. The number of amides is 2. The van der Waals surface area contributed by atoms with Gasteiger partial charge in [0.2, 0.25) is 0 Å². The smallest absolute Gasteiger partial charge is 0.317 e. The lowest BCUT2D eigenvalue weighted by atomic mass is 9.99. The van der Waals surface area contributed by atoms with Gasteiger partial charge in [-0.25, -0.2) is 4.79 Å². The van der Waals surface area contributed by atoms with E-state index in [1.165, 1.54) is 5.56 Å².